The number of carboxylic acid groups (broad SMARTS) is 1. The third-order valence-corrected chi connectivity index (χ3v) is 4.10. The van der Waals surface area contributed by atoms with Gasteiger partial charge in [0.15, 0.2) is 0 Å². The minimum Gasteiger partial charge on any atom is -0.480 e. The van der Waals surface area contributed by atoms with Crippen molar-refractivity contribution in [3.8, 4) is 0 Å². The quantitative estimate of drug-likeness (QED) is 0.688. The summed E-state index contributed by atoms with van der Waals surface area (Å²) in [5, 5.41) is 18.8. The molecule has 7 nitrogen and oxygen atoms in total. The number of likely N-dealkylation sites (tertiary alicyclic amines) is 1. The molecule has 2 rings (SSSR count). The topological polar surface area (TPSA) is 84.3 Å². The maximum absolute atomic E-state index is 12.6. The molecule has 2 N–H and O–H groups in total. The molecule has 114 valence electrons. The lowest BCUT2D eigenvalue weighted by atomic mass is 10.2. The first kappa shape index (κ1) is 15.1. The number of aliphatic carboxylic acids is 1. The largest absolute Gasteiger partial charge is 0.480 e. The van der Waals surface area contributed by atoms with Gasteiger partial charge in [0.05, 0.1) is 6.10 Å². The van der Waals surface area contributed by atoms with Crippen LogP contribution in [-0.2, 0) is 4.79 Å². The number of β-amino-alcohol motifs (C(OH)–C–C–N with tert-alkyl or cyclic N) is 1. The van der Waals surface area contributed by atoms with Gasteiger partial charge in [-0.25, -0.2) is 9.59 Å². The van der Waals surface area contributed by atoms with Crippen LogP contribution in [0.5, 0.6) is 0 Å². The fourth-order valence-electron chi connectivity index (χ4n) is 3.08. The maximum Gasteiger partial charge on any atom is 0.326 e. The van der Waals surface area contributed by atoms with Gasteiger partial charge in [-0.15, -0.1) is 0 Å². The molecule has 0 radical (unpaired) electrons. The Balaban J connectivity index is 2.11. The van der Waals surface area contributed by atoms with E-state index in [4.69, 9.17) is 0 Å². The summed E-state index contributed by atoms with van der Waals surface area (Å²) in [6.45, 7) is 4.42. The van der Waals surface area contributed by atoms with Crippen LogP contribution in [0.3, 0.4) is 0 Å². The molecule has 3 atom stereocenters. The molecule has 2 aliphatic rings. The zero-order valence-electron chi connectivity index (χ0n) is 12.0. The summed E-state index contributed by atoms with van der Waals surface area (Å²) >= 11 is 0. The summed E-state index contributed by atoms with van der Waals surface area (Å²) in [5.41, 5.74) is 0. The van der Waals surface area contributed by atoms with E-state index in [1.165, 1.54) is 4.90 Å². The Bertz CT molecular complexity index is 390. The molecule has 0 bridgehead atoms. The van der Waals surface area contributed by atoms with Crippen LogP contribution in [0.1, 0.15) is 19.8 Å². The van der Waals surface area contributed by atoms with Crippen molar-refractivity contribution < 1.29 is 19.8 Å². The van der Waals surface area contributed by atoms with Gasteiger partial charge in [-0.2, -0.15) is 0 Å². The zero-order chi connectivity index (χ0) is 14.9. The third-order valence-electron chi connectivity index (χ3n) is 4.10. The second-order valence-corrected chi connectivity index (χ2v) is 5.84. The molecule has 0 aromatic rings. The summed E-state index contributed by atoms with van der Waals surface area (Å²) in [6, 6.07) is -1.13. The van der Waals surface area contributed by atoms with Crippen LogP contribution in [-0.4, -0.2) is 88.3 Å². The highest BCUT2D eigenvalue weighted by Gasteiger charge is 2.41. The number of likely N-dealkylation sites (N-methyl/N-ethyl adjacent to an activating group) is 1. The molecule has 2 amide bonds. The fraction of sp³-hybridized carbons (Fsp3) is 0.846. The first-order chi connectivity index (χ1) is 9.40. The van der Waals surface area contributed by atoms with Crippen LogP contribution in [0, 0.1) is 0 Å². The number of hydrogen-bond donors (Lipinski definition) is 2. The summed E-state index contributed by atoms with van der Waals surface area (Å²) in [5.74, 6) is -1.05. The molecule has 20 heavy (non-hydrogen) atoms. The van der Waals surface area contributed by atoms with Gasteiger partial charge >= 0.3 is 12.0 Å². The molecule has 2 fully saturated rings. The van der Waals surface area contributed by atoms with E-state index in [2.05, 4.69) is 4.90 Å². The van der Waals surface area contributed by atoms with Crippen molar-refractivity contribution in [2.75, 3.05) is 33.2 Å². The Hall–Kier alpha value is -1.34. The third kappa shape index (κ3) is 3.04. The van der Waals surface area contributed by atoms with Crippen molar-refractivity contribution in [2.45, 2.75) is 38.0 Å². The van der Waals surface area contributed by atoms with Crippen molar-refractivity contribution in [3.63, 3.8) is 0 Å². The highest BCUT2D eigenvalue weighted by molar-refractivity contribution is 5.83. The molecular weight excluding hydrogens is 262 g/mol. The van der Waals surface area contributed by atoms with Gasteiger partial charge in [0, 0.05) is 32.1 Å². The number of hydrogen-bond acceptors (Lipinski definition) is 4. The summed E-state index contributed by atoms with van der Waals surface area (Å²) < 4.78 is 0. The van der Waals surface area contributed by atoms with E-state index in [9.17, 15) is 19.8 Å². The van der Waals surface area contributed by atoms with Gasteiger partial charge in [-0.05, 0) is 26.9 Å². The Labute approximate surface area is 118 Å². The lowest BCUT2D eigenvalue weighted by molar-refractivity contribution is -0.141. The van der Waals surface area contributed by atoms with Crippen LogP contribution in [0.2, 0.25) is 0 Å². The first-order valence-corrected chi connectivity index (χ1v) is 7.06. The van der Waals surface area contributed by atoms with Gasteiger partial charge in [0.1, 0.15) is 6.04 Å². The van der Waals surface area contributed by atoms with E-state index in [-0.39, 0.29) is 25.0 Å². The first-order valence-electron chi connectivity index (χ1n) is 7.06. The predicted octanol–water partition coefficient (Wildman–Crippen LogP) is -0.348. The SMILES string of the molecule is CC1CN(C)CCCN1C(=O)N1C[C@H](O)C[C@H]1C(=O)O. The van der Waals surface area contributed by atoms with E-state index in [1.807, 2.05) is 14.0 Å². The Morgan fingerprint density at radius 2 is 1.85 bits per heavy atom. The highest BCUT2D eigenvalue weighted by atomic mass is 16.4. The highest BCUT2D eigenvalue weighted by Crippen LogP contribution is 2.22. The second-order valence-electron chi connectivity index (χ2n) is 5.84. The average molecular weight is 285 g/mol. The van der Waals surface area contributed by atoms with Gasteiger partial charge < -0.3 is 24.9 Å². The Kier molecular flexibility index (Phi) is 4.49. The summed E-state index contributed by atoms with van der Waals surface area (Å²) in [7, 11) is 2.02. The molecule has 0 aliphatic carbocycles. The van der Waals surface area contributed by atoms with E-state index in [0.29, 0.717) is 6.54 Å². The molecule has 0 aromatic carbocycles. The number of aliphatic hydroxyl groups is 1. The van der Waals surface area contributed by atoms with E-state index < -0.39 is 18.1 Å². The Morgan fingerprint density at radius 3 is 2.50 bits per heavy atom. The maximum atomic E-state index is 12.6. The zero-order valence-corrected chi connectivity index (χ0v) is 12.0. The molecule has 0 aromatic heterocycles. The molecule has 0 spiro atoms. The Morgan fingerprint density at radius 1 is 1.15 bits per heavy atom. The van der Waals surface area contributed by atoms with Crippen LogP contribution in [0.25, 0.3) is 0 Å². The molecule has 0 saturated carbocycles. The molecule has 1 unspecified atom stereocenters. The predicted molar refractivity (Wildman–Crippen MR) is 72.4 cm³/mol. The number of carbonyl (C=O) groups excluding carboxylic acids is 1. The van der Waals surface area contributed by atoms with Crippen LogP contribution < -0.4 is 0 Å². The minimum atomic E-state index is -1.05. The van der Waals surface area contributed by atoms with Crippen molar-refractivity contribution in [1.82, 2.24) is 14.7 Å². The molecule has 2 aliphatic heterocycles. The lowest BCUT2D eigenvalue weighted by Crippen LogP contribution is -2.52. The number of carbonyl (C=O) groups is 2. The standard InChI is InChI=1S/C13H23N3O4/c1-9-7-14(2)4-3-5-15(9)13(20)16-8-10(17)6-11(16)12(18)19/h9-11,17H,3-8H2,1-2H3,(H,18,19)/t9?,10-,11+/m1/s1. The average Bonchev–Trinajstić information content (AvgIpc) is 2.67. The molecule has 2 heterocycles. The van der Waals surface area contributed by atoms with Gasteiger partial charge in [0.25, 0.3) is 0 Å². The smallest absolute Gasteiger partial charge is 0.326 e. The molecule has 2 saturated heterocycles. The molecule has 7 heteroatoms. The van der Waals surface area contributed by atoms with E-state index in [0.717, 1.165) is 19.5 Å². The summed E-state index contributed by atoms with van der Waals surface area (Å²) in [6.07, 6.45) is 0.245. The second kappa shape index (κ2) is 5.97. The molecular formula is C13H23N3O4. The van der Waals surface area contributed by atoms with Crippen molar-refractivity contribution in [2.24, 2.45) is 0 Å². The number of nitrogens with zero attached hydrogens (tertiary/aromatic N) is 3. The normalized spacial score (nSPS) is 32.2. The van der Waals surface area contributed by atoms with E-state index in [1.54, 1.807) is 4.90 Å². The monoisotopic (exact) mass is 285 g/mol. The van der Waals surface area contributed by atoms with Gasteiger partial charge in [0.2, 0.25) is 0 Å². The number of urea groups is 1. The van der Waals surface area contributed by atoms with Gasteiger partial charge in [-0.3, -0.25) is 0 Å². The minimum absolute atomic E-state index is 0.0437. The van der Waals surface area contributed by atoms with Crippen LogP contribution >= 0.6 is 0 Å². The number of carboxylic acids is 1. The number of aliphatic hydroxyl groups excluding tert-OH is 1. The van der Waals surface area contributed by atoms with Crippen LogP contribution in [0.15, 0.2) is 0 Å². The number of rotatable bonds is 1. The van der Waals surface area contributed by atoms with Crippen LogP contribution in [0.4, 0.5) is 4.79 Å². The van der Waals surface area contributed by atoms with Gasteiger partial charge in [-0.1, -0.05) is 0 Å². The fourth-order valence-corrected chi connectivity index (χ4v) is 3.08. The van der Waals surface area contributed by atoms with E-state index >= 15 is 0 Å². The lowest BCUT2D eigenvalue weighted by Gasteiger charge is -2.33. The van der Waals surface area contributed by atoms with Crippen molar-refractivity contribution >= 4 is 12.0 Å². The van der Waals surface area contributed by atoms with Crippen molar-refractivity contribution in [3.05, 3.63) is 0 Å². The summed E-state index contributed by atoms with van der Waals surface area (Å²) in [4.78, 5) is 29.0. The van der Waals surface area contributed by atoms with Crippen molar-refractivity contribution in [1.29, 1.82) is 0 Å². The number of amides is 2.